The highest BCUT2D eigenvalue weighted by atomic mass is 32.1. The van der Waals surface area contributed by atoms with E-state index in [1.807, 2.05) is 0 Å². The van der Waals surface area contributed by atoms with Crippen LogP contribution in [0.15, 0.2) is 0 Å². The number of pyridine rings is 1. The zero-order valence-corrected chi connectivity index (χ0v) is 9.98. The van der Waals surface area contributed by atoms with Crippen LogP contribution < -0.4 is 0 Å². The Morgan fingerprint density at radius 1 is 1.20 bits per heavy atom. The average Bonchev–Trinajstić information content (AvgIpc) is 2.66. The Hall–Kier alpha value is -1.00. The maximum absolute atomic E-state index is 9.18. The molecule has 0 aliphatic heterocycles. The molecular formula is C11H14N2OS. The van der Waals surface area contributed by atoms with Gasteiger partial charge in [-0.1, -0.05) is 6.92 Å². The number of fused-ring (bicyclic) bond motifs is 1. The molecule has 3 nitrogen and oxygen atoms in total. The zero-order valence-electron chi connectivity index (χ0n) is 9.16. The van der Waals surface area contributed by atoms with Gasteiger partial charge in [0.2, 0.25) is 0 Å². The van der Waals surface area contributed by atoms with Crippen molar-refractivity contribution in [2.45, 2.75) is 33.8 Å². The van der Waals surface area contributed by atoms with Crippen molar-refractivity contribution >= 4 is 21.7 Å². The Kier molecular flexibility index (Phi) is 2.71. The molecule has 0 aromatic carbocycles. The van der Waals surface area contributed by atoms with Crippen molar-refractivity contribution in [2.24, 2.45) is 0 Å². The van der Waals surface area contributed by atoms with E-state index >= 15 is 0 Å². The molecular weight excluding hydrogens is 208 g/mol. The standard InChI is InChI=1S/C11H14N2OS/c1-4-8-6(2)7(3)10-9(5-14)13-15-11(10)12-8/h14H,4-5H2,1-3H3. The zero-order chi connectivity index (χ0) is 11.0. The van der Waals surface area contributed by atoms with Crippen molar-refractivity contribution in [3.05, 3.63) is 22.5 Å². The first-order valence-electron chi connectivity index (χ1n) is 5.04. The number of hydrogen-bond donors (Lipinski definition) is 1. The van der Waals surface area contributed by atoms with Crippen molar-refractivity contribution < 1.29 is 5.11 Å². The van der Waals surface area contributed by atoms with Crippen LogP contribution in [0.1, 0.15) is 29.4 Å². The number of aliphatic hydroxyl groups excluding tert-OH is 1. The fourth-order valence-electron chi connectivity index (χ4n) is 1.83. The summed E-state index contributed by atoms with van der Waals surface area (Å²) in [6.07, 6.45) is 0.939. The number of hydrogen-bond acceptors (Lipinski definition) is 4. The molecule has 2 heterocycles. The summed E-state index contributed by atoms with van der Waals surface area (Å²) in [5.74, 6) is 0. The van der Waals surface area contributed by atoms with E-state index in [1.54, 1.807) is 0 Å². The lowest BCUT2D eigenvalue weighted by atomic mass is 10.0. The average molecular weight is 222 g/mol. The molecule has 0 aliphatic rings. The lowest BCUT2D eigenvalue weighted by molar-refractivity contribution is 0.279. The molecule has 0 radical (unpaired) electrons. The molecule has 0 unspecified atom stereocenters. The molecule has 4 heteroatoms. The predicted octanol–water partition coefficient (Wildman–Crippen LogP) is 2.36. The molecule has 0 aliphatic carbocycles. The third kappa shape index (κ3) is 1.54. The van der Waals surface area contributed by atoms with E-state index in [2.05, 4.69) is 30.1 Å². The number of nitrogens with zero attached hydrogens (tertiary/aromatic N) is 2. The molecule has 0 amide bonds. The Morgan fingerprint density at radius 2 is 1.93 bits per heavy atom. The Morgan fingerprint density at radius 3 is 2.53 bits per heavy atom. The first-order chi connectivity index (χ1) is 7.19. The van der Waals surface area contributed by atoms with Crippen LogP contribution in [0, 0.1) is 13.8 Å². The molecule has 0 fully saturated rings. The molecule has 2 aromatic rings. The number of aryl methyl sites for hydroxylation is 2. The molecule has 0 bridgehead atoms. The minimum atomic E-state index is -0.00652. The van der Waals surface area contributed by atoms with Crippen LogP contribution in [0.2, 0.25) is 0 Å². The molecule has 0 saturated carbocycles. The van der Waals surface area contributed by atoms with Gasteiger partial charge in [-0.25, -0.2) is 4.98 Å². The van der Waals surface area contributed by atoms with Crippen LogP contribution in [-0.4, -0.2) is 14.5 Å². The molecule has 80 valence electrons. The topological polar surface area (TPSA) is 46.0 Å². The highest BCUT2D eigenvalue weighted by Gasteiger charge is 2.13. The molecule has 0 spiro atoms. The quantitative estimate of drug-likeness (QED) is 0.848. The van der Waals surface area contributed by atoms with Gasteiger partial charge in [-0.15, -0.1) is 0 Å². The van der Waals surface area contributed by atoms with E-state index in [9.17, 15) is 5.11 Å². The smallest absolute Gasteiger partial charge is 0.144 e. The van der Waals surface area contributed by atoms with E-state index in [0.29, 0.717) is 0 Å². The SMILES string of the molecule is CCc1nc2snc(CO)c2c(C)c1C. The third-order valence-corrected chi connectivity index (χ3v) is 3.62. The molecule has 2 aromatic heterocycles. The van der Waals surface area contributed by atoms with Crippen LogP contribution in [0.5, 0.6) is 0 Å². The number of rotatable bonds is 2. The van der Waals surface area contributed by atoms with Crippen LogP contribution in [0.3, 0.4) is 0 Å². The lowest BCUT2D eigenvalue weighted by Gasteiger charge is -2.07. The van der Waals surface area contributed by atoms with Crippen LogP contribution >= 0.6 is 11.5 Å². The summed E-state index contributed by atoms with van der Waals surface area (Å²) in [6, 6.07) is 0. The first-order valence-corrected chi connectivity index (χ1v) is 5.81. The summed E-state index contributed by atoms with van der Waals surface area (Å²) in [6.45, 7) is 6.26. The largest absolute Gasteiger partial charge is 0.390 e. The summed E-state index contributed by atoms with van der Waals surface area (Å²) in [7, 11) is 0. The maximum atomic E-state index is 9.18. The van der Waals surface area contributed by atoms with Gasteiger partial charge in [-0.05, 0) is 42.9 Å². The van der Waals surface area contributed by atoms with Crippen LogP contribution in [0.25, 0.3) is 10.2 Å². The first kappa shape index (κ1) is 10.5. The van der Waals surface area contributed by atoms with Crippen molar-refractivity contribution in [3.63, 3.8) is 0 Å². The van der Waals surface area contributed by atoms with Gasteiger partial charge in [-0.2, -0.15) is 4.37 Å². The fraction of sp³-hybridized carbons (Fsp3) is 0.455. The van der Waals surface area contributed by atoms with E-state index < -0.39 is 0 Å². The second kappa shape index (κ2) is 3.87. The predicted molar refractivity (Wildman–Crippen MR) is 62.2 cm³/mol. The van der Waals surface area contributed by atoms with Gasteiger partial charge in [0.1, 0.15) is 4.83 Å². The van der Waals surface area contributed by atoms with E-state index in [1.165, 1.54) is 22.7 Å². The van der Waals surface area contributed by atoms with Gasteiger partial charge in [0.25, 0.3) is 0 Å². The van der Waals surface area contributed by atoms with Crippen LogP contribution in [-0.2, 0) is 13.0 Å². The maximum Gasteiger partial charge on any atom is 0.144 e. The highest BCUT2D eigenvalue weighted by Crippen LogP contribution is 2.28. The fourth-order valence-corrected chi connectivity index (χ4v) is 2.69. The van der Waals surface area contributed by atoms with Crippen molar-refractivity contribution in [2.75, 3.05) is 0 Å². The van der Waals surface area contributed by atoms with Crippen molar-refractivity contribution in [3.8, 4) is 0 Å². The minimum absolute atomic E-state index is 0.00652. The monoisotopic (exact) mass is 222 g/mol. The van der Waals surface area contributed by atoms with Gasteiger partial charge in [0.15, 0.2) is 0 Å². The normalized spacial score (nSPS) is 11.2. The van der Waals surface area contributed by atoms with E-state index in [4.69, 9.17) is 0 Å². The summed E-state index contributed by atoms with van der Waals surface area (Å²) in [5, 5.41) is 10.2. The van der Waals surface area contributed by atoms with Gasteiger partial charge in [-0.3, -0.25) is 0 Å². The highest BCUT2D eigenvalue weighted by molar-refractivity contribution is 7.13. The molecule has 0 atom stereocenters. The van der Waals surface area contributed by atoms with Crippen molar-refractivity contribution in [1.29, 1.82) is 0 Å². The lowest BCUT2D eigenvalue weighted by Crippen LogP contribution is -1.96. The second-order valence-corrected chi connectivity index (χ2v) is 4.38. The van der Waals surface area contributed by atoms with Gasteiger partial charge in [0.05, 0.1) is 12.3 Å². The van der Waals surface area contributed by atoms with Crippen LogP contribution in [0.4, 0.5) is 0 Å². The molecule has 0 saturated heterocycles. The van der Waals surface area contributed by atoms with Gasteiger partial charge >= 0.3 is 0 Å². The summed E-state index contributed by atoms with van der Waals surface area (Å²) in [4.78, 5) is 5.51. The van der Waals surface area contributed by atoms with Gasteiger partial charge in [0, 0.05) is 11.1 Å². The Bertz CT molecular complexity index is 505. The molecule has 2 rings (SSSR count). The number of aliphatic hydroxyl groups is 1. The third-order valence-electron chi connectivity index (χ3n) is 2.84. The van der Waals surface area contributed by atoms with Crippen molar-refractivity contribution in [1.82, 2.24) is 9.36 Å². The molecule has 15 heavy (non-hydrogen) atoms. The Labute approximate surface area is 93.0 Å². The summed E-state index contributed by atoms with van der Waals surface area (Å²) < 4.78 is 4.22. The summed E-state index contributed by atoms with van der Waals surface area (Å²) in [5.41, 5.74) is 4.31. The van der Waals surface area contributed by atoms with E-state index in [0.717, 1.165) is 28.0 Å². The Balaban J connectivity index is 2.81. The van der Waals surface area contributed by atoms with E-state index in [-0.39, 0.29) is 6.61 Å². The summed E-state index contributed by atoms with van der Waals surface area (Å²) >= 11 is 1.37. The molecule has 1 N–H and O–H groups in total. The minimum Gasteiger partial charge on any atom is -0.390 e. The second-order valence-electron chi connectivity index (χ2n) is 3.63. The van der Waals surface area contributed by atoms with Gasteiger partial charge < -0.3 is 5.11 Å². The number of aromatic nitrogens is 2.